The quantitative estimate of drug-likeness (QED) is 0.532. The first-order valence-corrected chi connectivity index (χ1v) is 3.84. The number of rotatable bonds is 1. The molecule has 2 nitrogen and oxygen atoms in total. The van der Waals surface area contributed by atoms with Gasteiger partial charge in [0.2, 0.25) is 0 Å². The summed E-state index contributed by atoms with van der Waals surface area (Å²) in [7, 11) is 0. The second-order valence-corrected chi connectivity index (χ2v) is 2.80. The van der Waals surface area contributed by atoms with Gasteiger partial charge in [-0.25, -0.2) is 0 Å². The molecule has 1 unspecified atom stereocenters. The van der Waals surface area contributed by atoms with Crippen molar-refractivity contribution in [3.63, 3.8) is 0 Å². The molecule has 0 spiro atoms. The lowest BCUT2D eigenvalue weighted by molar-refractivity contribution is 0.644. The molecular weight excluding hydrogens is 136 g/mol. The highest BCUT2D eigenvalue weighted by Gasteiger charge is 2.19. The monoisotopic (exact) mass is 146 g/mol. The van der Waals surface area contributed by atoms with Gasteiger partial charge < -0.3 is 0 Å². The fourth-order valence-corrected chi connectivity index (χ4v) is 1.56. The molecule has 1 rings (SSSR count). The molecule has 1 aliphatic rings. The molecule has 0 heterocycles. The van der Waals surface area contributed by atoms with Crippen LogP contribution in [-0.2, 0) is 0 Å². The van der Waals surface area contributed by atoms with E-state index in [-0.39, 0.29) is 0 Å². The predicted octanol–water partition coefficient (Wildman–Crippen LogP) is 2.15. The summed E-state index contributed by atoms with van der Waals surface area (Å²) in [6.45, 7) is 0. The van der Waals surface area contributed by atoms with Gasteiger partial charge >= 0.3 is 0 Å². The Balaban J connectivity index is 2.61. The Bertz CT molecular complexity index is 239. The minimum atomic E-state index is 0.375. The van der Waals surface area contributed by atoms with Crippen LogP contribution in [0, 0.1) is 28.6 Å². The van der Waals surface area contributed by atoms with Crippen LogP contribution in [0.5, 0.6) is 0 Å². The summed E-state index contributed by atoms with van der Waals surface area (Å²) in [6.07, 6.45) is 5.42. The zero-order valence-corrected chi connectivity index (χ0v) is 6.38. The smallest absolute Gasteiger partial charge is 0.0911 e. The molecule has 0 N–H and O–H groups in total. The average Bonchev–Trinajstić information content (AvgIpc) is 2.39. The van der Waals surface area contributed by atoms with Crippen LogP contribution in [-0.4, -0.2) is 0 Å². The van der Waals surface area contributed by atoms with Crippen LogP contribution < -0.4 is 0 Å². The molecule has 1 fully saturated rings. The van der Waals surface area contributed by atoms with Crippen LogP contribution in [0.3, 0.4) is 0 Å². The Hall–Kier alpha value is -1.28. The summed E-state index contributed by atoms with van der Waals surface area (Å²) >= 11 is 0. The molecule has 56 valence electrons. The summed E-state index contributed by atoms with van der Waals surface area (Å²) in [4.78, 5) is 0. The van der Waals surface area contributed by atoms with Crippen molar-refractivity contribution >= 4 is 0 Å². The average molecular weight is 146 g/mol. The van der Waals surface area contributed by atoms with Gasteiger partial charge in [0.25, 0.3) is 0 Å². The van der Waals surface area contributed by atoms with Gasteiger partial charge in [-0.05, 0) is 25.2 Å². The van der Waals surface area contributed by atoms with E-state index in [0.29, 0.717) is 12.3 Å². The summed E-state index contributed by atoms with van der Waals surface area (Å²) in [5.74, 6) is 0.375. The van der Waals surface area contributed by atoms with E-state index in [2.05, 4.69) is 6.07 Å². The molecule has 0 aromatic carbocycles. The molecule has 1 saturated carbocycles. The van der Waals surface area contributed by atoms with Crippen LogP contribution in [0.4, 0.5) is 0 Å². The molecule has 0 bridgehead atoms. The molecular formula is C9H10N2. The second-order valence-electron chi connectivity index (χ2n) is 2.80. The van der Waals surface area contributed by atoms with Crippen molar-refractivity contribution in [1.29, 1.82) is 10.5 Å². The van der Waals surface area contributed by atoms with E-state index >= 15 is 0 Å². The SMILES string of the molecule is N#C/C=C1/CCCC1CC#N. The lowest BCUT2D eigenvalue weighted by Gasteiger charge is -2.03. The van der Waals surface area contributed by atoms with Crippen molar-refractivity contribution in [2.75, 3.05) is 0 Å². The Morgan fingerprint density at radius 2 is 2.36 bits per heavy atom. The summed E-state index contributed by atoms with van der Waals surface area (Å²) in [5.41, 5.74) is 1.18. The third-order valence-electron chi connectivity index (χ3n) is 2.13. The van der Waals surface area contributed by atoms with E-state index in [9.17, 15) is 0 Å². The lowest BCUT2D eigenvalue weighted by Crippen LogP contribution is -1.93. The fourth-order valence-electron chi connectivity index (χ4n) is 1.56. The summed E-state index contributed by atoms with van der Waals surface area (Å²) in [5, 5.41) is 16.9. The number of allylic oxidation sites excluding steroid dienone is 2. The van der Waals surface area contributed by atoms with Gasteiger partial charge in [0.1, 0.15) is 0 Å². The maximum atomic E-state index is 8.45. The number of hydrogen-bond acceptors (Lipinski definition) is 2. The van der Waals surface area contributed by atoms with Crippen LogP contribution in [0.2, 0.25) is 0 Å². The molecule has 11 heavy (non-hydrogen) atoms. The van der Waals surface area contributed by atoms with Crippen molar-refractivity contribution in [1.82, 2.24) is 0 Å². The third-order valence-corrected chi connectivity index (χ3v) is 2.13. The number of hydrogen-bond donors (Lipinski definition) is 0. The molecule has 0 saturated heterocycles. The van der Waals surface area contributed by atoms with Gasteiger partial charge in [-0.3, -0.25) is 0 Å². The minimum absolute atomic E-state index is 0.375. The second kappa shape index (κ2) is 3.78. The summed E-state index contributed by atoms with van der Waals surface area (Å²) < 4.78 is 0. The van der Waals surface area contributed by atoms with Crippen LogP contribution in [0.25, 0.3) is 0 Å². The van der Waals surface area contributed by atoms with Crippen molar-refractivity contribution in [2.45, 2.75) is 25.7 Å². The first kappa shape index (κ1) is 7.82. The van der Waals surface area contributed by atoms with Gasteiger partial charge in [0.05, 0.1) is 12.1 Å². The van der Waals surface area contributed by atoms with Gasteiger partial charge in [0.15, 0.2) is 0 Å². The van der Waals surface area contributed by atoms with Gasteiger partial charge in [-0.15, -0.1) is 0 Å². The van der Waals surface area contributed by atoms with Crippen LogP contribution in [0.15, 0.2) is 11.6 Å². The molecule has 0 amide bonds. The van der Waals surface area contributed by atoms with Crippen molar-refractivity contribution in [3.8, 4) is 12.1 Å². The Kier molecular flexibility index (Phi) is 2.69. The highest BCUT2D eigenvalue weighted by Crippen LogP contribution is 2.32. The molecule has 0 aromatic heterocycles. The zero-order valence-electron chi connectivity index (χ0n) is 6.38. The highest BCUT2D eigenvalue weighted by atomic mass is 14.3. The fraction of sp³-hybridized carbons (Fsp3) is 0.556. The summed E-state index contributed by atoms with van der Waals surface area (Å²) in [6, 6.07) is 4.17. The van der Waals surface area contributed by atoms with E-state index in [1.807, 2.05) is 6.07 Å². The van der Waals surface area contributed by atoms with Crippen LogP contribution in [0.1, 0.15) is 25.7 Å². The highest BCUT2D eigenvalue weighted by molar-refractivity contribution is 5.20. The molecule has 1 aliphatic carbocycles. The number of nitrogens with zero attached hydrogens (tertiary/aromatic N) is 2. The minimum Gasteiger partial charge on any atom is -0.198 e. The first-order valence-electron chi connectivity index (χ1n) is 3.84. The van der Waals surface area contributed by atoms with Crippen LogP contribution >= 0.6 is 0 Å². The third kappa shape index (κ3) is 1.82. The predicted molar refractivity (Wildman–Crippen MR) is 41.3 cm³/mol. The van der Waals surface area contributed by atoms with Crippen molar-refractivity contribution < 1.29 is 0 Å². The first-order chi connectivity index (χ1) is 5.38. The molecule has 0 aromatic rings. The maximum Gasteiger partial charge on any atom is 0.0911 e. The van der Waals surface area contributed by atoms with E-state index in [0.717, 1.165) is 19.3 Å². The number of nitriles is 2. The Morgan fingerprint density at radius 3 is 3.00 bits per heavy atom. The molecule has 2 heteroatoms. The Labute approximate surface area is 66.7 Å². The zero-order chi connectivity index (χ0) is 8.10. The molecule has 1 atom stereocenters. The van der Waals surface area contributed by atoms with E-state index in [1.165, 1.54) is 5.57 Å². The topological polar surface area (TPSA) is 47.6 Å². The standard InChI is InChI=1S/C9H10N2/c10-6-4-8-2-1-3-9(8)5-7-11/h4,9H,1-3,5H2/b8-4-. The molecule has 0 aliphatic heterocycles. The van der Waals surface area contributed by atoms with Gasteiger partial charge in [0, 0.05) is 12.5 Å². The normalized spacial score (nSPS) is 26.4. The van der Waals surface area contributed by atoms with Crippen molar-refractivity contribution in [3.05, 3.63) is 11.6 Å². The largest absolute Gasteiger partial charge is 0.198 e. The maximum absolute atomic E-state index is 8.45. The lowest BCUT2D eigenvalue weighted by atomic mass is 10.00. The van der Waals surface area contributed by atoms with E-state index in [1.54, 1.807) is 6.08 Å². The molecule has 0 radical (unpaired) electrons. The van der Waals surface area contributed by atoms with E-state index < -0.39 is 0 Å². The van der Waals surface area contributed by atoms with Gasteiger partial charge in [-0.2, -0.15) is 10.5 Å². The Morgan fingerprint density at radius 1 is 1.55 bits per heavy atom. The van der Waals surface area contributed by atoms with E-state index in [4.69, 9.17) is 10.5 Å². The van der Waals surface area contributed by atoms with Crippen molar-refractivity contribution in [2.24, 2.45) is 5.92 Å². The van der Waals surface area contributed by atoms with Gasteiger partial charge in [-0.1, -0.05) is 5.57 Å².